The lowest BCUT2D eigenvalue weighted by atomic mass is 9.54. The number of carbonyl (C=O) groups is 2. The first kappa shape index (κ1) is 15.8. The molecule has 4 aliphatic rings. The average Bonchev–Trinajstić information content (AvgIpc) is 2.46. The van der Waals surface area contributed by atoms with E-state index < -0.39 is 11.9 Å². The number of rotatable bonds is 8. The van der Waals surface area contributed by atoms with Crippen LogP contribution in [0.1, 0.15) is 51.4 Å². The molecule has 0 unspecified atom stereocenters. The van der Waals surface area contributed by atoms with E-state index in [1.165, 1.54) is 32.1 Å². The van der Waals surface area contributed by atoms with Crippen LogP contribution >= 0.6 is 0 Å². The Labute approximate surface area is 131 Å². The van der Waals surface area contributed by atoms with E-state index >= 15 is 0 Å². The third-order valence-electron chi connectivity index (χ3n) is 5.73. The molecule has 0 radical (unpaired) electrons. The van der Waals surface area contributed by atoms with Gasteiger partial charge in [-0.2, -0.15) is 0 Å². The van der Waals surface area contributed by atoms with Crippen LogP contribution < -0.4 is 5.32 Å². The minimum Gasteiger partial charge on any atom is -0.481 e. The van der Waals surface area contributed by atoms with Gasteiger partial charge in [-0.3, -0.25) is 9.59 Å². The lowest BCUT2D eigenvalue weighted by molar-refractivity contribution is -0.147. The minimum absolute atomic E-state index is 0.0295. The van der Waals surface area contributed by atoms with E-state index in [1.54, 1.807) is 0 Å². The number of esters is 1. The quantitative estimate of drug-likeness (QED) is 0.531. The van der Waals surface area contributed by atoms with Gasteiger partial charge in [0.15, 0.2) is 0 Å². The van der Waals surface area contributed by atoms with E-state index in [0.29, 0.717) is 12.6 Å². The number of carboxylic acid groups (broad SMARTS) is 1. The van der Waals surface area contributed by atoms with Crippen LogP contribution in [-0.2, 0) is 14.3 Å². The third-order valence-corrected chi connectivity index (χ3v) is 5.73. The number of carboxylic acids is 1. The van der Waals surface area contributed by atoms with Gasteiger partial charge >= 0.3 is 11.9 Å². The van der Waals surface area contributed by atoms with Crippen LogP contribution in [0.5, 0.6) is 0 Å². The first-order valence-corrected chi connectivity index (χ1v) is 8.72. The maximum absolute atomic E-state index is 11.3. The van der Waals surface area contributed by atoms with Crippen molar-refractivity contribution >= 4 is 11.9 Å². The predicted molar refractivity (Wildman–Crippen MR) is 81.3 cm³/mol. The molecule has 0 spiro atoms. The molecule has 2 N–H and O–H groups in total. The van der Waals surface area contributed by atoms with Crippen molar-refractivity contribution in [1.82, 2.24) is 5.32 Å². The highest BCUT2D eigenvalue weighted by Crippen LogP contribution is 2.53. The number of nitrogens with one attached hydrogen (secondary N) is 1. The molecule has 4 fully saturated rings. The summed E-state index contributed by atoms with van der Waals surface area (Å²) in [6.07, 6.45) is 7.75. The Morgan fingerprint density at radius 2 is 1.64 bits per heavy atom. The van der Waals surface area contributed by atoms with Gasteiger partial charge < -0.3 is 15.2 Å². The van der Waals surface area contributed by atoms with Crippen LogP contribution in [-0.4, -0.2) is 36.2 Å². The Balaban J connectivity index is 1.29. The van der Waals surface area contributed by atoms with Crippen molar-refractivity contribution < 1.29 is 19.4 Å². The number of ether oxygens (including phenoxy) is 1. The topological polar surface area (TPSA) is 75.6 Å². The molecule has 0 aliphatic heterocycles. The van der Waals surface area contributed by atoms with Crippen LogP contribution in [0.15, 0.2) is 0 Å². The van der Waals surface area contributed by atoms with E-state index in [-0.39, 0.29) is 12.8 Å². The van der Waals surface area contributed by atoms with E-state index in [4.69, 9.17) is 9.84 Å². The molecular formula is C17H27NO4. The summed E-state index contributed by atoms with van der Waals surface area (Å²) in [4.78, 5) is 21.7. The van der Waals surface area contributed by atoms with E-state index in [1.807, 2.05) is 0 Å². The predicted octanol–water partition coefficient (Wildman–Crippen LogP) is 2.20. The van der Waals surface area contributed by atoms with Crippen LogP contribution in [0.3, 0.4) is 0 Å². The molecule has 4 bridgehead atoms. The molecule has 0 atom stereocenters. The number of hydrogen-bond acceptors (Lipinski definition) is 4. The Kier molecular flexibility index (Phi) is 5.01. The highest BCUT2D eigenvalue weighted by Gasteiger charge is 2.47. The molecule has 4 rings (SSSR count). The smallest absolute Gasteiger partial charge is 0.306 e. The lowest BCUT2D eigenvalue weighted by Crippen LogP contribution is -2.54. The zero-order chi connectivity index (χ0) is 15.5. The van der Waals surface area contributed by atoms with Crippen molar-refractivity contribution in [3.05, 3.63) is 0 Å². The van der Waals surface area contributed by atoms with Crippen LogP contribution in [0.25, 0.3) is 0 Å². The Hall–Kier alpha value is -1.10. The number of aliphatic carboxylic acids is 1. The highest BCUT2D eigenvalue weighted by molar-refractivity contribution is 5.76. The van der Waals surface area contributed by atoms with E-state index in [9.17, 15) is 9.59 Å². The summed E-state index contributed by atoms with van der Waals surface area (Å²) in [6, 6.07) is 0.676. The average molecular weight is 309 g/mol. The normalized spacial score (nSPS) is 35.5. The van der Waals surface area contributed by atoms with Crippen molar-refractivity contribution in [3.63, 3.8) is 0 Å². The second-order valence-corrected chi connectivity index (χ2v) is 7.38. The van der Waals surface area contributed by atoms with Crippen LogP contribution in [0, 0.1) is 23.7 Å². The minimum atomic E-state index is -0.958. The maximum Gasteiger partial charge on any atom is 0.306 e. The summed E-state index contributed by atoms with van der Waals surface area (Å²) in [5.74, 6) is 2.37. The van der Waals surface area contributed by atoms with Gasteiger partial charge in [-0.1, -0.05) is 0 Å². The maximum atomic E-state index is 11.3. The number of hydrogen-bond donors (Lipinski definition) is 2. The van der Waals surface area contributed by atoms with Crippen molar-refractivity contribution in [2.45, 2.75) is 57.4 Å². The summed E-state index contributed by atoms with van der Waals surface area (Å²) >= 11 is 0. The van der Waals surface area contributed by atoms with Crippen LogP contribution in [0.2, 0.25) is 0 Å². The van der Waals surface area contributed by atoms with Gasteiger partial charge in [-0.15, -0.1) is 0 Å². The molecule has 0 heterocycles. The zero-order valence-corrected chi connectivity index (χ0v) is 13.1. The van der Waals surface area contributed by atoms with Gasteiger partial charge in [0.25, 0.3) is 0 Å². The summed E-state index contributed by atoms with van der Waals surface area (Å²) in [5, 5.41) is 12.2. The summed E-state index contributed by atoms with van der Waals surface area (Å²) < 4.78 is 5.06. The van der Waals surface area contributed by atoms with Crippen molar-refractivity contribution in [1.29, 1.82) is 0 Å². The van der Waals surface area contributed by atoms with Gasteiger partial charge in [0.05, 0.1) is 19.4 Å². The first-order valence-electron chi connectivity index (χ1n) is 8.72. The molecule has 22 heavy (non-hydrogen) atoms. The lowest BCUT2D eigenvalue weighted by Gasteiger charge is -2.54. The molecule has 4 aliphatic carbocycles. The fourth-order valence-corrected chi connectivity index (χ4v) is 5.07. The molecule has 4 saturated carbocycles. The fraction of sp³-hybridized carbons (Fsp3) is 0.882. The van der Waals surface area contributed by atoms with Crippen LogP contribution in [0.4, 0.5) is 0 Å². The SMILES string of the molecule is O=C(O)CCC(=O)OCCCNC1C2CC3CC(C2)CC1C3. The molecule has 0 amide bonds. The monoisotopic (exact) mass is 309 g/mol. The van der Waals surface area contributed by atoms with Crippen molar-refractivity contribution in [2.24, 2.45) is 23.7 Å². The number of carbonyl (C=O) groups excluding carboxylic acids is 1. The molecule has 0 saturated heterocycles. The van der Waals surface area contributed by atoms with Gasteiger partial charge in [0, 0.05) is 6.04 Å². The Morgan fingerprint density at radius 3 is 2.23 bits per heavy atom. The van der Waals surface area contributed by atoms with Gasteiger partial charge in [0.1, 0.15) is 0 Å². The molecule has 0 aromatic carbocycles. The highest BCUT2D eigenvalue weighted by atomic mass is 16.5. The second-order valence-electron chi connectivity index (χ2n) is 7.38. The first-order chi connectivity index (χ1) is 10.6. The zero-order valence-electron chi connectivity index (χ0n) is 13.1. The molecule has 5 heteroatoms. The molecule has 5 nitrogen and oxygen atoms in total. The van der Waals surface area contributed by atoms with Gasteiger partial charge in [-0.25, -0.2) is 0 Å². The molecule has 124 valence electrons. The standard InChI is InChI=1S/C17H27NO4/c19-15(20)2-3-16(21)22-5-1-4-18-17-13-7-11-6-12(9-13)10-14(17)8-11/h11-14,17-18H,1-10H2,(H,19,20). The van der Waals surface area contributed by atoms with E-state index in [0.717, 1.165) is 36.6 Å². The van der Waals surface area contributed by atoms with E-state index in [2.05, 4.69) is 5.32 Å². The molecule has 0 aromatic rings. The van der Waals surface area contributed by atoms with Gasteiger partial charge in [-0.05, 0) is 68.7 Å². The molecular weight excluding hydrogens is 282 g/mol. The second kappa shape index (κ2) is 6.99. The molecule has 0 aromatic heterocycles. The summed E-state index contributed by atoms with van der Waals surface area (Å²) in [6.45, 7) is 1.28. The van der Waals surface area contributed by atoms with Gasteiger partial charge in [0.2, 0.25) is 0 Å². The summed E-state index contributed by atoms with van der Waals surface area (Å²) in [7, 11) is 0. The van der Waals surface area contributed by atoms with Crippen molar-refractivity contribution in [3.8, 4) is 0 Å². The summed E-state index contributed by atoms with van der Waals surface area (Å²) in [5.41, 5.74) is 0. The Morgan fingerprint density at radius 1 is 1.00 bits per heavy atom. The largest absolute Gasteiger partial charge is 0.481 e. The van der Waals surface area contributed by atoms with Crippen molar-refractivity contribution in [2.75, 3.05) is 13.2 Å². The third kappa shape index (κ3) is 3.80. The Bertz CT molecular complexity index is 395. The fourth-order valence-electron chi connectivity index (χ4n) is 5.07.